The van der Waals surface area contributed by atoms with Crippen molar-refractivity contribution in [1.29, 1.82) is 0 Å². The molecule has 2 amide bonds. The summed E-state index contributed by atoms with van der Waals surface area (Å²) in [5, 5.41) is 1.61. The highest BCUT2D eigenvalue weighted by molar-refractivity contribution is 5.77. The number of likely N-dealkylation sites (N-methyl/N-ethyl adjacent to an activating group) is 1. The minimum absolute atomic E-state index is 0.0113. The number of epoxide rings is 1. The number of hydroxylamine groups is 2. The molecule has 23 heavy (non-hydrogen) atoms. The number of fused-ring (bicyclic) bond motifs is 6. The van der Waals surface area contributed by atoms with Crippen molar-refractivity contribution in [2.24, 2.45) is 5.92 Å². The zero-order valence-corrected chi connectivity index (χ0v) is 13.2. The average molecular weight is 315 g/mol. The van der Waals surface area contributed by atoms with Crippen LogP contribution in [-0.4, -0.2) is 65.4 Å². The molecule has 0 spiro atoms. The van der Waals surface area contributed by atoms with E-state index < -0.39 is 0 Å². The SMILES string of the molecule is CN1C[C@@H]2C[C@@H]3CN(C(=O)N3OCc3ccccc3)[C@@H]2C2OC21. The van der Waals surface area contributed by atoms with Crippen molar-refractivity contribution >= 4 is 6.03 Å². The molecule has 5 rings (SSSR count). The third-order valence-electron chi connectivity index (χ3n) is 5.60. The van der Waals surface area contributed by atoms with Crippen molar-refractivity contribution < 1.29 is 14.4 Å². The van der Waals surface area contributed by atoms with Crippen LogP contribution in [0, 0.1) is 5.92 Å². The normalized spacial score (nSPS) is 38.5. The first-order valence-electron chi connectivity index (χ1n) is 8.35. The second-order valence-corrected chi connectivity index (χ2v) is 7.09. The summed E-state index contributed by atoms with van der Waals surface area (Å²) in [7, 11) is 2.11. The molecule has 0 N–H and O–H groups in total. The lowest BCUT2D eigenvalue weighted by Crippen LogP contribution is -2.56. The number of carbonyl (C=O) groups is 1. The molecule has 0 aromatic heterocycles. The van der Waals surface area contributed by atoms with Gasteiger partial charge in [0.25, 0.3) is 0 Å². The minimum atomic E-state index is 0.0113. The number of carbonyl (C=O) groups excluding carboxylic acids is 1. The fourth-order valence-corrected chi connectivity index (χ4v) is 4.53. The first-order valence-corrected chi connectivity index (χ1v) is 8.35. The van der Waals surface area contributed by atoms with Crippen LogP contribution in [0.1, 0.15) is 12.0 Å². The van der Waals surface area contributed by atoms with Crippen molar-refractivity contribution in [2.75, 3.05) is 20.1 Å². The van der Waals surface area contributed by atoms with E-state index in [1.54, 1.807) is 5.06 Å². The maximum absolute atomic E-state index is 12.8. The largest absolute Gasteiger partial charge is 0.351 e. The molecular weight excluding hydrogens is 294 g/mol. The Bertz CT molecular complexity index is 625. The molecule has 6 nitrogen and oxygen atoms in total. The molecule has 1 aromatic rings. The van der Waals surface area contributed by atoms with Gasteiger partial charge in [-0.25, -0.2) is 4.79 Å². The Labute approximate surface area is 135 Å². The Hall–Kier alpha value is -1.63. The molecule has 4 heterocycles. The lowest BCUT2D eigenvalue weighted by molar-refractivity contribution is -0.142. The van der Waals surface area contributed by atoms with Crippen LogP contribution in [0.3, 0.4) is 0 Å². The number of benzene rings is 1. The van der Waals surface area contributed by atoms with Gasteiger partial charge < -0.3 is 9.64 Å². The zero-order valence-electron chi connectivity index (χ0n) is 13.2. The molecule has 4 fully saturated rings. The van der Waals surface area contributed by atoms with Crippen LogP contribution in [0.25, 0.3) is 0 Å². The summed E-state index contributed by atoms with van der Waals surface area (Å²) < 4.78 is 5.80. The van der Waals surface area contributed by atoms with E-state index in [0.29, 0.717) is 12.5 Å². The lowest BCUT2D eigenvalue weighted by Gasteiger charge is -2.41. The van der Waals surface area contributed by atoms with Crippen molar-refractivity contribution in [3.63, 3.8) is 0 Å². The maximum Gasteiger partial charge on any atom is 0.344 e. The average Bonchev–Trinajstić information content (AvgIpc) is 3.32. The van der Waals surface area contributed by atoms with E-state index in [0.717, 1.165) is 25.1 Å². The van der Waals surface area contributed by atoms with Gasteiger partial charge in [-0.1, -0.05) is 30.3 Å². The zero-order chi connectivity index (χ0) is 15.6. The highest BCUT2D eigenvalue weighted by Crippen LogP contribution is 2.46. The Morgan fingerprint density at radius 1 is 1.26 bits per heavy atom. The first-order chi connectivity index (χ1) is 11.2. The van der Waals surface area contributed by atoms with E-state index in [-0.39, 0.29) is 30.4 Å². The summed E-state index contributed by atoms with van der Waals surface area (Å²) in [5.74, 6) is 0.483. The molecule has 1 aromatic carbocycles. The fourth-order valence-electron chi connectivity index (χ4n) is 4.53. The number of hydrogen-bond donors (Lipinski definition) is 0. The Morgan fingerprint density at radius 2 is 2.09 bits per heavy atom. The summed E-state index contributed by atoms with van der Waals surface area (Å²) >= 11 is 0. The highest BCUT2D eigenvalue weighted by Gasteiger charge is 2.62. The van der Waals surface area contributed by atoms with Gasteiger partial charge in [0.1, 0.15) is 18.9 Å². The number of rotatable bonds is 3. The molecule has 4 aliphatic rings. The number of amides is 2. The second kappa shape index (κ2) is 4.93. The molecule has 4 aliphatic heterocycles. The molecule has 0 saturated carbocycles. The lowest BCUT2D eigenvalue weighted by atomic mass is 9.83. The number of piperidine rings is 2. The van der Waals surface area contributed by atoms with Crippen molar-refractivity contribution in [3.05, 3.63) is 35.9 Å². The van der Waals surface area contributed by atoms with Gasteiger partial charge >= 0.3 is 6.03 Å². The van der Waals surface area contributed by atoms with E-state index in [4.69, 9.17) is 9.57 Å². The van der Waals surface area contributed by atoms with E-state index in [1.165, 1.54) is 0 Å². The van der Waals surface area contributed by atoms with Gasteiger partial charge in [-0.05, 0) is 24.9 Å². The predicted octanol–water partition coefficient (Wildman–Crippen LogP) is 1.28. The third-order valence-corrected chi connectivity index (χ3v) is 5.60. The maximum atomic E-state index is 12.8. The Kier molecular flexibility index (Phi) is 2.95. The number of likely N-dealkylation sites (tertiary alicyclic amines) is 1. The summed E-state index contributed by atoms with van der Waals surface area (Å²) in [6, 6.07) is 10.4. The molecule has 4 saturated heterocycles. The molecule has 6 heteroatoms. The number of ether oxygens (including phenoxy) is 1. The summed E-state index contributed by atoms with van der Waals surface area (Å²) in [6.07, 6.45) is 1.40. The second-order valence-electron chi connectivity index (χ2n) is 7.09. The monoisotopic (exact) mass is 315 g/mol. The highest BCUT2D eigenvalue weighted by atomic mass is 16.7. The van der Waals surface area contributed by atoms with Gasteiger partial charge in [-0.3, -0.25) is 9.74 Å². The molecule has 0 aliphatic carbocycles. The van der Waals surface area contributed by atoms with Gasteiger partial charge in [0.2, 0.25) is 0 Å². The van der Waals surface area contributed by atoms with Crippen LogP contribution in [-0.2, 0) is 16.2 Å². The number of urea groups is 1. The van der Waals surface area contributed by atoms with E-state index >= 15 is 0 Å². The minimum Gasteiger partial charge on any atom is -0.351 e. The van der Waals surface area contributed by atoms with E-state index in [9.17, 15) is 4.79 Å². The van der Waals surface area contributed by atoms with Gasteiger partial charge in [0.05, 0.1) is 12.1 Å². The third kappa shape index (κ3) is 2.09. The van der Waals surface area contributed by atoms with Gasteiger partial charge in [-0.2, -0.15) is 5.06 Å². The molecule has 5 atom stereocenters. The Morgan fingerprint density at radius 3 is 2.91 bits per heavy atom. The van der Waals surface area contributed by atoms with Crippen LogP contribution in [0.15, 0.2) is 30.3 Å². The van der Waals surface area contributed by atoms with Crippen molar-refractivity contribution in [3.8, 4) is 0 Å². The van der Waals surface area contributed by atoms with Crippen molar-refractivity contribution in [2.45, 2.75) is 37.4 Å². The molecule has 2 unspecified atom stereocenters. The van der Waals surface area contributed by atoms with Crippen LogP contribution >= 0.6 is 0 Å². The smallest absolute Gasteiger partial charge is 0.344 e. The van der Waals surface area contributed by atoms with E-state index in [1.807, 2.05) is 35.2 Å². The van der Waals surface area contributed by atoms with E-state index in [2.05, 4.69) is 11.9 Å². The summed E-state index contributed by atoms with van der Waals surface area (Å²) in [5.41, 5.74) is 1.08. The van der Waals surface area contributed by atoms with Gasteiger partial charge in [-0.15, -0.1) is 0 Å². The van der Waals surface area contributed by atoms with Crippen LogP contribution in [0.5, 0.6) is 0 Å². The number of nitrogens with zero attached hydrogens (tertiary/aromatic N) is 3. The molecular formula is C17H21N3O3. The summed E-state index contributed by atoms with van der Waals surface area (Å²) in [6.45, 7) is 2.21. The first kappa shape index (κ1) is 13.8. The molecule has 122 valence electrons. The standard InChI is InChI=1S/C17H21N3O3/c1-18-8-12-7-13-9-19(14(12)15-16(18)23-15)17(21)20(13)22-10-11-5-3-2-4-6-11/h2-6,12-16H,7-10H2,1H3/t12-,13+,14-,15?,16?/m0/s1. The Balaban J connectivity index is 1.32. The molecule has 2 bridgehead atoms. The van der Waals surface area contributed by atoms with Gasteiger partial charge in [0.15, 0.2) is 0 Å². The molecule has 0 radical (unpaired) electrons. The van der Waals surface area contributed by atoms with Crippen LogP contribution < -0.4 is 0 Å². The quantitative estimate of drug-likeness (QED) is 0.789. The van der Waals surface area contributed by atoms with Crippen LogP contribution in [0.4, 0.5) is 4.79 Å². The van der Waals surface area contributed by atoms with Crippen LogP contribution in [0.2, 0.25) is 0 Å². The van der Waals surface area contributed by atoms with Crippen molar-refractivity contribution in [1.82, 2.24) is 14.9 Å². The van der Waals surface area contributed by atoms with Gasteiger partial charge in [0, 0.05) is 13.1 Å². The predicted molar refractivity (Wildman–Crippen MR) is 82.1 cm³/mol. The fraction of sp³-hybridized carbons (Fsp3) is 0.588. The topological polar surface area (TPSA) is 48.5 Å². The summed E-state index contributed by atoms with van der Waals surface area (Å²) in [4.78, 5) is 22.9. The number of hydrogen-bond acceptors (Lipinski definition) is 4.